The number of azo groups is 2. The Kier molecular flexibility index (Phi) is 6.11. The molecule has 0 saturated carbocycles. The van der Waals surface area contributed by atoms with E-state index in [0.29, 0.717) is 6.54 Å². The van der Waals surface area contributed by atoms with E-state index in [2.05, 4.69) is 49.7 Å². The predicted molar refractivity (Wildman–Crippen MR) is 89.9 cm³/mol. The molecule has 0 aliphatic carbocycles. The van der Waals surface area contributed by atoms with Crippen LogP contribution >= 0.6 is 0 Å². The highest BCUT2D eigenvalue weighted by atomic mass is 15.1. The molecule has 0 amide bonds. The van der Waals surface area contributed by atoms with Crippen molar-refractivity contribution < 1.29 is 0 Å². The molecule has 0 saturated heterocycles. The monoisotopic (exact) mass is 293 g/mol. The van der Waals surface area contributed by atoms with Gasteiger partial charge in [-0.3, -0.25) is 4.99 Å². The van der Waals surface area contributed by atoms with Gasteiger partial charge >= 0.3 is 0 Å². The van der Waals surface area contributed by atoms with E-state index < -0.39 is 0 Å². The highest BCUT2D eigenvalue weighted by Crippen LogP contribution is 2.18. The molecule has 0 aromatic heterocycles. The fourth-order valence-corrected chi connectivity index (χ4v) is 1.95. The van der Waals surface area contributed by atoms with E-state index in [0.717, 1.165) is 17.8 Å². The number of aliphatic imine (C=N–C) groups is 1. The number of benzene rings is 2. The van der Waals surface area contributed by atoms with E-state index in [-0.39, 0.29) is 0 Å². The first-order valence-electron chi connectivity index (χ1n) is 7.07. The van der Waals surface area contributed by atoms with Crippen LogP contribution in [0.1, 0.15) is 11.1 Å². The van der Waals surface area contributed by atoms with Crippen LogP contribution in [-0.4, -0.2) is 26.9 Å². The predicted octanol–water partition coefficient (Wildman–Crippen LogP) is 4.78. The Labute approximate surface area is 130 Å². The third-order valence-corrected chi connectivity index (χ3v) is 3.03. The van der Waals surface area contributed by atoms with Crippen molar-refractivity contribution >= 4 is 17.6 Å². The molecule has 0 fully saturated rings. The van der Waals surface area contributed by atoms with Gasteiger partial charge in [0.05, 0.1) is 17.9 Å². The van der Waals surface area contributed by atoms with Crippen molar-refractivity contribution in [1.29, 1.82) is 0 Å². The largest absolute Gasteiger partial charge is 0.299 e. The fraction of sp³-hybridized carbons (Fsp3) is 0.235. The smallest absolute Gasteiger partial charge is 0.0951 e. The van der Waals surface area contributed by atoms with Gasteiger partial charge in [0, 0.05) is 20.3 Å². The molecule has 0 spiro atoms. The Morgan fingerprint density at radius 2 is 1.32 bits per heavy atom. The van der Waals surface area contributed by atoms with Crippen LogP contribution in [0.3, 0.4) is 0 Å². The van der Waals surface area contributed by atoms with Gasteiger partial charge in [-0.25, -0.2) is 0 Å². The Balaban J connectivity index is 1.97. The molecule has 0 aliphatic heterocycles. The highest BCUT2D eigenvalue weighted by molar-refractivity contribution is 5.59. The quantitative estimate of drug-likeness (QED) is 0.544. The zero-order valence-electron chi connectivity index (χ0n) is 12.8. The maximum atomic E-state index is 4.13. The van der Waals surface area contributed by atoms with Crippen LogP contribution in [0.25, 0.3) is 0 Å². The standard InChI is InChI=1S/C17H19N5/c1-18-11-12-20-22-17-9-5-15(6-10-17)13-14-3-7-16(8-4-14)21-19-2/h3-11H,12-13H2,1-2H3. The maximum Gasteiger partial charge on any atom is 0.0951 e. The molecule has 2 aromatic rings. The zero-order valence-corrected chi connectivity index (χ0v) is 12.8. The van der Waals surface area contributed by atoms with E-state index in [1.54, 1.807) is 20.3 Å². The third-order valence-electron chi connectivity index (χ3n) is 3.03. The maximum absolute atomic E-state index is 4.13. The molecule has 0 atom stereocenters. The molecule has 0 heterocycles. The second kappa shape index (κ2) is 8.56. The SMILES string of the molecule is CN=CCN=Nc1ccc(Cc2ccc(N=NC)cc2)cc1. The lowest BCUT2D eigenvalue weighted by Crippen LogP contribution is -1.86. The van der Waals surface area contributed by atoms with E-state index in [1.165, 1.54) is 11.1 Å². The molecule has 0 N–H and O–H groups in total. The van der Waals surface area contributed by atoms with Crippen LogP contribution in [-0.2, 0) is 6.42 Å². The normalized spacial score (nSPS) is 11.9. The van der Waals surface area contributed by atoms with Gasteiger partial charge in [0.25, 0.3) is 0 Å². The van der Waals surface area contributed by atoms with Crippen molar-refractivity contribution in [3.8, 4) is 0 Å². The van der Waals surface area contributed by atoms with Crippen LogP contribution in [0.5, 0.6) is 0 Å². The Morgan fingerprint density at radius 3 is 1.82 bits per heavy atom. The van der Waals surface area contributed by atoms with E-state index in [1.807, 2.05) is 24.3 Å². The third kappa shape index (κ3) is 5.01. The molecule has 0 unspecified atom stereocenters. The molecule has 5 heteroatoms. The summed E-state index contributed by atoms with van der Waals surface area (Å²) >= 11 is 0. The number of hydrogen-bond acceptors (Lipinski definition) is 5. The zero-order chi connectivity index (χ0) is 15.6. The highest BCUT2D eigenvalue weighted by Gasteiger charge is 1.98. The molecule has 5 nitrogen and oxygen atoms in total. The van der Waals surface area contributed by atoms with Crippen molar-refractivity contribution in [3.05, 3.63) is 59.7 Å². The second-order valence-corrected chi connectivity index (χ2v) is 4.67. The summed E-state index contributed by atoms with van der Waals surface area (Å²) in [6.45, 7) is 0.514. The van der Waals surface area contributed by atoms with E-state index in [9.17, 15) is 0 Å². The Hall–Kier alpha value is -2.69. The van der Waals surface area contributed by atoms with Gasteiger partial charge in [-0.15, -0.1) is 0 Å². The number of nitrogens with zero attached hydrogens (tertiary/aromatic N) is 5. The van der Waals surface area contributed by atoms with Crippen molar-refractivity contribution in [2.24, 2.45) is 25.4 Å². The van der Waals surface area contributed by atoms with Gasteiger partial charge in [-0.1, -0.05) is 24.3 Å². The van der Waals surface area contributed by atoms with Crippen LogP contribution in [0.15, 0.2) is 74.0 Å². The summed E-state index contributed by atoms with van der Waals surface area (Å²) < 4.78 is 0. The van der Waals surface area contributed by atoms with Gasteiger partial charge in [-0.05, 0) is 41.8 Å². The van der Waals surface area contributed by atoms with E-state index in [4.69, 9.17) is 0 Å². The molecule has 2 rings (SSSR count). The number of hydrogen-bond donors (Lipinski definition) is 0. The fourth-order valence-electron chi connectivity index (χ4n) is 1.95. The summed E-state index contributed by atoms with van der Waals surface area (Å²) in [5.74, 6) is 0. The molecular formula is C17H19N5. The summed E-state index contributed by atoms with van der Waals surface area (Å²) in [5, 5.41) is 15.9. The molecule has 22 heavy (non-hydrogen) atoms. The first-order chi connectivity index (χ1) is 10.8. The van der Waals surface area contributed by atoms with Gasteiger partial charge in [0.1, 0.15) is 0 Å². The van der Waals surface area contributed by atoms with Crippen molar-refractivity contribution in [1.82, 2.24) is 0 Å². The minimum absolute atomic E-state index is 0.514. The molecule has 0 bridgehead atoms. The number of rotatable bonds is 6. The van der Waals surface area contributed by atoms with Crippen molar-refractivity contribution in [2.45, 2.75) is 6.42 Å². The summed E-state index contributed by atoms with van der Waals surface area (Å²) in [7, 11) is 3.39. The second-order valence-electron chi connectivity index (χ2n) is 4.67. The first kappa shape index (κ1) is 15.7. The molecule has 0 aliphatic rings. The van der Waals surface area contributed by atoms with Crippen LogP contribution < -0.4 is 0 Å². The molecular weight excluding hydrogens is 274 g/mol. The molecule has 112 valence electrons. The van der Waals surface area contributed by atoms with Crippen molar-refractivity contribution in [2.75, 3.05) is 20.6 Å². The van der Waals surface area contributed by atoms with Crippen LogP contribution in [0.2, 0.25) is 0 Å². The molecule has 2 aromatic carbocycles. The van der Waals surface area contributed by atoms with Crippen LogP contribution in [0.4, 0.5) is 11.4 Å². The summed E-state index contributed by atoms with van der Waals surface area (Å²) in [6.07, 6.45) is 2.60. The lowest BCUT2D eigenvalue weighted by molar-refractivity contribution is 1.10. The molecule has 0 radical (unpaired) electrons. The average Bonchev–Trinajstić information content (AvgIpc) is 2.55. The Morgan fingerprint density at radius 1 is 0.773 bits per heavy atom. The lowest BCUT2D eigenvalue weighted by Gasteiger charge is -2.02. The van der Waals surface area contributed by atoms with Crippen LogP contribution in [0, 0.1) is 0 Å². The summed E-state index contributed by atoms with van der Waals surface area (Å²) in [5.41, 5.74) is 4.20. The average molecular weight is 293 g/mol. The van der Waals surface area contributed by atoms with Gasteiger partial charge in [0.2, 0.25) is 0 Å². The van der Waals surface area contributed by atoms with Gasteiger partial charge in [-0.2, -0.15) is 20.5 Å². The first-order valence-corrected chi connectivity index (χ1v) is 7.07. The van der Waals surface area contributed by atoms with Gasteiger partial charge < -0.3 is 0 Å². The topological polar surface area (TPSA) is 61.8 Å². The van der Waals surface area contributed by atoms with Gasteiger partial charge in [0.15, 0.2) is 0 Å². The lowest BCUT2D eigenvalue weighted by atomic mass is 10.0. The minimum Gasteiger partial charge on any atom is -0.299 e. The van der Waals surface area contributed by atoms with Crippen molar-refractivity contribution in [3.63, 3.8) is 0 Å². The van der Waals surface area contributed by atoms with E-state index >= 15 is 0 Å². The summed E-state index contributed by atoms with van der Waals surface area (Å²) in [4.78, 5) is 3.85. The minimum atomic E-state index is 0.514. The Bertz CT molecular complexity index is 654. The summed E-state index contributed by atoms with van der Waals surface area (Å²) in [6, 6.07) is 16.2.